The standard InChI is InChI=1S/C22H22N6O3S/c29-18(23-21-26-25-20(31-21)15-8-3-1-4-9-15)14-32-22-27-24-19(17-12-7-13-30-17)28(22)16-10-5-2-6-11-16/h1,3-4,7-9,12-13,16H,2,5-6,10-11,14H2,(H,23,26,29). The summed E-state index contributed by atoms with van der Waals surface area (Å²) in [4.78, 5) is 12.5. The minimum absolute atomic E-state index is 0.0690. The molecule has 1 saturated carbocycles. The fraction of sp³-hybridized carbons (Fsp3) is 0.318. The van der Waals surface area contributed by atoms with Gasteiger partial charge in [-0.1, -0.05) is 54.3 Å². The van der Waals surface area contributed by atoms with Crippen molar-refractivity contribution in [3.05, 3.63) is 48.7 Å². The molecule has 0 bridgehead atoms. The summed E-state index contributed by atoms with van der Waals surface area (Å²) < 4.78 is 13.2. The lowest BCUT2D eigenvalue weighted by Gasteiger charge is -2.25. The van der Waals surface area contributed by atoms with Gasteiger partial charge in [-0.15, -0.1) is 15.3 Å². The number of aromatic nitrogens is 5. The van der Waals surface area contributed by atoms with E-state index >= 15 is 0 Å². The molecule has 10 heteroatoms. The van der Waals surface area contributed by atoms with Crippen molar-refractivity contribution < 1.29 is 13.6 Å². The molecule has 0 saturated heterocycles. The van der Waals surface area contributed by atoms with Gasteiger partial charge in [0.1, 0.15) is 0 Å². The van der Waals surface area contributed by atoms with Crippen LogP contribution in [0.15, 0.2) is 62.7 Å². The average Bonchev–Trinajstić information content (AvgIpc) is 3.59. The van der Waals surface area contributed by atoms with Crippen molar-refractivity contribution in [2.24, 2.45) is 0 Å². The van der Waals surface area contributed by atoms with E-state index in [9.17, 15) is 4.79 Å². The van der Waals surface area contributed by atoms with Crippen molar-refractivity contribution in [2.45, 2.75) is 43.3 Å². The number of benzene rings is 1. The Hall–Kier alpha value is -3.40. The molecular formula is C22H22N6O3S. The average molecular weight is 451 g/mol. The summed E-state index contributed by atoms with van der Waals surface area (Å²) in [7, 11) is 0. The molecule has 0 spiro atoms. The molecule has 4 aromatic rings. The summed E-state index contributed by atoms with van der Waals surface area (Å²) in [6.45, 7) is 0. The van der Waals surface area contributed by atoms with E-state index < -0.39 is 0 Å². The van der Waals surface area contributed by atoms with Gasteiger partial charge in [0, 0.05) is 11.6 Å². The van der Waals surface area contributed by atoms with Crippen LogP contribution >= 0.6 is 11.8 Å². The van der Waals surface area contributed by atoms with E-state index in [1.54, 1.807) is 6.26 Å². The van der Waals surface area contributed by atoms with Crippen LogP contribution in [-0.2, 0) is 4.79 Å². The lowest BCUT2D eigenvalue weighted by atomic mass is 9.95. The highest BCUT2D eigenvalue weighted by molar-refractivity contribution is 7.99. The molecule has 3 aromatic heterocycles. The molecule has 1 fully saturated rings. The summed E-state index contributed by atoms with van der Waals surface area (Å²) in [5.74, 6) is 1.63. The fourth-order valence-corrected chi connectivity index (χ4v) is 4.68. The topological polar surface area (TPSA) is 112 Å². The van der Waals surface area contributed by atoms with Crippen LogP contribution in [0.4, 0.5) is 6.01 Å². The van der Waals surface area contributed by atoms with Crippen molar-refractivity contribution in [2.75, 3.05) is 11.1 Å². The number of rotatable bonds is 7. The van der Waals surface area contributed by atoms with Gasteiger partial charge in [-0.2, -0.15) is 0 Å². The normalized spacial score (nSPS) is 14.5. The number of thioether (sulfide) groups is 1. The molecule has 1 aliphatic rings. The first-order chi connectivity index (χ1) is 15.8. The zero-order chi connectivity index (χ0) is 21.8. The highest BCUT2D eigenvalue weighted by Gasteiger charge is 2.25. The Morgan fingerprint density at radius 2 is 1.88 bits per heavy atom. The van der Waals surface area contributed by atoms with Gasteiger partial charge in [-0.3, -0.25) is 14.7 Å². The van der Waals surface area contributed by atoms with E-state index in [0.717, 1.165) is 18.4 Å². The molecular weight excluding hydrogens is 428 g/mol. The molecule has 0 atom stereocenters. The van der Waals surface area contributed by atoms with E-state index in [1.165, 1.54) is 31.0 Å². The second kappa shape index (κ2) is 9.39. The monoisotopic (exact) mass is 450 g/mol. The predicted octanol–water partition coefficient (Wildman–Crippen LogP) is 4.82. The van der Waals surface area contributed by atoms with Gasteiger partial charge < -0.3 is 8.83 Å². The van der Waals surface area contributed by atoms with Gasteiger partial charge in [0.2, 0.25) is 17.6 Å². The molecule has 1 aromatic carbocycles. The van der Waals surface area contributed by atoms with E-state index in [1.807, 2.05) is 42.5 Å². The Morgan fingerprint density at radius 1 is 1.03 bits per heavy atom. The minimum atomic E-state index is -0.254. The number of nitrogens with one attached hydrogen (secondary N) is 1. The number of amides is 1. The number of carbonyl (C=O) groups excluding carboxylic acids is 1. The second-order valence-electron chi connectivity index (χ2n) is 7.56. The predicted molar refractivity (Wildman–Crippen MR) is 119 cm³/mol. The number of hydrogen-bond acceptors (Lipinski definition) is 8. The Balaban J connectivity index is 1.27. The maximum Gasteiger partial charge on any atom is 0.322 e. The van der Waals surface area contributed by atoms with Crippen LogP contribution in [0.1, 0.15) is 38.1 Å². The third kappa shape index (κ3) is 4.45. The molecule has 3 heterocycles. The fourth-order valence-electron chi connectivity index (χ4n) is 3.87. The highest BCUT2D eigenvalue weighted by Crippen LogP contribution is 2.35. The zero-order valence-electron chi connectivity index (χ0n) is 17.3. The van der Waals surface area contributed by atoms with Crippen LogP contribution in [-0.4, -0.2) is 36.6 Å². The maximum absolute atomic E-state index is 12.5. The summed E-state index contributed by atoms with van der Waals surface area (Å²) in [6, 6.07) is 13.5. The molecule has 1 N–H and O–H groups in total. The van der Waals surface area contributed by atoms with Crippen LogP contribution in [0.5, 0.6) is 0 Å². The van der Waals surface area contributed by atoms with Crippen molar-refractivity contribution >= 4 is 23.7 Å². The Kier molecular flexibility index (Phi) is 6.02. The molecule has 164 valence electrons. The smallest absolute Gasteiger partial charge is 0.322 e. The number of anilines is 1. The molecule has 0 unspecified atom stereocenters. The van der Waals surface area contributed by atoms with Crippen molar-refractivity contribution in [1.29, 1.82) is 0 Å². The van der Waals surface area contributed by atoms with Crippen LogP contribution in [0, 0.1) is 0 Å². The molecule has 1 amide bonds. The first-order valence-electron chi connectivity index (χ1n) is 10.6. The number of carbonyl (C=O) groups is 1. The van der Waals surface area contributed by atoms with Crippen molar-refractivity contribution in [3.63, 3.8) is 0 Å². The summed E-state index contributed by atoms with van der Waals surface area (Å²) in [6.07, 6.45) is 7.35. The van der Waals surface area contributed by atoms with Gasteiger partial charge in [0.15, 0.2) is 10.9 Å². The van der Waals surface area contributed by atoms with Gasteiger partial charge in [0.05, 0.1) is 12.0 Å². The van der Waals surface area contributed by atoms with E-state index in [0.29, 0.717) is 28.7 Å². The quantitative estimate of drug-likeness (QED) is 0.399. The maximum atomic E-state index is 12.5. The highest BCUT2D eigenvalue weighted by atomic mass is 32.2. The molecule has 1 aliphatic carbocycles. The Labute approximate surface area is 188 Å². The molecule has 5 rings (SSSR count). The molecule has 9 nitrogen and oxygen atoms in total. The van der Waals surface area contributed by atoms with Gasteiger partial charge >= 0.3 is 6.01 Å². The Bertz CT molecular complexity index is 1170. The molecule has 0 radical (unpaired) electrons. The van der Waals surface area contributed by atoms with Crippen LogP contribution in [0.25, 0.3) is 23.0 Å². The van der Waals surface area contributed by atoms with Crippen molar-refractivity contribution in [3.8, 4) is 23.0 Å². The number of nitrogens with zero attached hydrogens (tertiary/aromatic N) is 5. The van der Waals surface area contributed by atoms with Crippen LogP contribution in [0.3, 0.4) is 0 Å². The minimum Gasteiger partial charge on any atom is -0.461 e. The molecule has 32 heavy (non-hydrogen) atoms. The van der Waals surface area contributed by atoms with Gasteiger partial charge in [0.25, 0.3) is 0 Å². The largest absolute Gasteiger partial charge is 0.461 e. The van der Waals surface area contributed by atoms with E-state index in [-0.39, 0.29) is 17.7 Å². The zero-order valence-corrected chi connectivity index (χ0v) is 18.1. The SMILES string of the molecule is O=C(CSc1nnc(-c2ccco2)n1C1CCCCC1)Nc1nnc(-c2ccccc2)o1. The van der Waals surface area contributed by atoms with E-state index in [4.69, 9.17) is 8.83 Å². The van der Waals surface area contributed by atoms with Gasteiger partial charge in [-0.05, 0) is 37.1 Å². The number of furan rings is 1. The second-order valence-corrected chi connectivity index (χ2v) is 8.50. The van der Waals surface area contributed by atoms with Gasteiger partial charge in [-0.25, -0.2) is 0 Å². The summed E-state index contributed by atoms with van der Waals surface area (Å²) in [5, 5.41) is 20.0. The summed E-state index contributed by atoms with van der Waals surface area (Å²) >= 11 is 1.34. The van der Waals surface area contributed by atoms with E-state index in [2.05, 4.69) is 30.3 Å². The molecule has 0 aliphatic heterocycles. The first-order valence-corrected chi connectivity index (χ1v) is 11.6. The Morgan fingerprint density at radius 3 is 2.66 bits per heavy atom. The van der Waals surface area contributed by atoms with Crippen molar-refractivity contribution in [1.82, 2.24) is 25.0 Å². The lowest BCUT2D eigenvalue weighted by molar-refractivity contribution is -0.113. The van der Waals surface area contributed by atoms with Crippen LogP contribution < -0.4 is 5.32 Å². The van der Waals surface area contributed by atoms with Crippen LogP contribution in [0.2, 0.25) is 0 Å². The third-order valence-corrected chi connectivity index (χ3v) is 6.31. The first kappa shape index (κ1) is 20.5. The summed E-state index contributed by atoms with van der Waals surface area (Å²) in [5.41, 5.74) is 0.793. The number of hydrogen-bond donors (Lipinski definition) is 1. The third-order valence-electron chi connectivity index (χ3n) is 5.37. The lowest BCUT2D eigenvalue weighted by Crippen LogP contribution is -2.17.